The summed E-state index contributed by atoms with van der Waals surface area (Å²) in [5.74, 6) is -5.47. The van der Waals surface area contributed by atoms with Crippen molar-refractivity contribution in [2.24, 2.45) is 17.6 Å². The van der Waals surface area contributed by atoms with Gasteiger partial charge < -0.3 is 25.8 Å². The Morgan fingerprint density at radius 2 is 1.68 bits per heavy atom. The highest BCUT2D eigenvalue weighted by atomic mass is 19.1. The van der Waals surface area contributed by atoms with Crippen LogP contribution in [0.2, 0.25) is 0 Å². The molecule has 1 aromatic heterocycles. The smallest absolute Gasteiger partial charge is 0.315 e. The van der Waals surface area contributed by atoms with Gasteiger partial charge in [-0.1, -0.05) is 50.2 Å². The molecule has 9 heteroatoms. The summed E-state index contributed by atoms with van der Waals surface area (Å²) in [6, 6.07) is 15.4. The number of nitrogens with one attached hydrogen (secondary N) is 1. The molecule has 2 aromatic carbocycles. The zero-order chi connectivity index (χ0) is 25.0. The predicted molar refractivity (Wildman–Crippen MR) is 125 cm³/mol. The molecule has 1 heterocycles. The van der Waals surface area contributed by atoms with Crippen molar-refractivity contribution in [1.82, 2.24) is 9.88 Å². The number of hydrogen-bond donors (Lipinski definition) is 4. The Bertz CT molecular complexity index is 1180. The summed E-state index contributed by atoms with van der Waals surface area (Å²) >= 11 is 0. The minimum Gasteiger partial charge on any atom is -0.481 e. The van der Waals surface area contributed by atoms with Gasteiger partial charge in [0.25, 0.3) is 5.91 Å². The number of benzene rings is 2. The number of carboxylic acids is 1. The lowest BCUT2D eigenvalue weighted by molar-refractivity contribution is -0.149. The highest BCUT2D eigenvalue weighted by molar-refractivity contribution is 6.06. The molecule has 0 fully saturated rings. The summed E-state index contributed by atoms with van der Waals surface area (Å²) in [6.45, 7) is 1.99. The third-order valence-electron chi connectivity index (χ3n) is 5.78. The predicted octanol–water partition coefficient (Wildman–Crippen LogP) is 2.31. The molecule has 5 N–H and O–H groups in total. The zero-order valence-corrected chi connectivity index (χ0v) is 18.9. The van der Waals surface area contributed by atoms with Crippen LogP contribution in [0.15, 0.2) is 60.7 Å². The Morgan fingerprint density at radius 3 is 2.26 bits per heavy atom. The van der Waals surface area contributed by atoms with Crippen LogP contribution < -0.4 is 11.1 Å². The van der Waals surface area contributed by atoms with Crippen LogP contribution in [0.5, 0.6) is 0 Å². The monoisotopic (exact) mass is 469 g/mol. The first-order valence-electron chi connectivity index (χ1n) is 10.9. The molecule has 3 unspecified atom stereocenters. The number of amides is 1. The molecule has 3 rings (SSSR count). The fraction of sp³-hybridized carbons (Fsp3) is 0.320. The van der Waals surface area contributed by atoms with Crippen molar-refractivity contribution in [3.05, 3.63) is 66.4 Å². The molecule has 34 heavy (non-hydrogen) atoms. The Morgan fingerprint density at radius 1 is 1.06 bits per heavy atom. The number of hydrogen-bond acceptors (Lipinski definition) is 5. The minimum absolute atomic E-state index is 0.255. The van der Waals surface area contributed by atoms with Crippen LogP contribution in [0.3, 0.4) is 0 Å². The molecular weight excluding hydrogens is 441 g/mol. The Labute approximate surface area is 196 Å². The molecule has 1 amide bonds. The fourth-order valence-corrected chi connectivity index (χ4v) is 3.95. The highest BCUT2D eigenvalue weighted by Gasteiger charge is 2.41. The maximum absolute atomic E-state index is 13.4. The van der Waals surface area contributed by atoms with E-state index >= 15 is 0 Å². The first-order valence-corrected chi connectivity index (χ1v) is 10.9. The maximum atomic E-state index is 13.4. The van der Waals surface area contributed by atoms with Gasteiger partial charge in [-0.15, -0.1) is 0 Å². The molecule has 0 saturated heterocycles. The van der Waals surface area contributed by atoms with Gasteiger partial charge in [0, 0.05) is 11.1 Å². The van der Waals surface area contributed by atoms with Crippen LogP contribution in [-0.4, -0.2) is 57.3 Å². The Kier molecular flexibility index (Phi) is 7.80. The Hall–Kier alpha value is -3.56. The molecular formula is C25H28FN3O5. The van der Waals surface area contributed by atoms with E-state index in [0.29, 0.717) is 0 Å². The average Bonchev–Trinajstić information content (AvgIpc) is 3.21. The van der Waals surface area contributed by atoms with Gasteiger partial charge in [-0.05, 0) is 30.2 Å². The van der Waals surface area contributed by atoms with Gasteiger partial charge in [-0.25, -0.2) is 4.39 Å². The minimum atomic E-state index is -1.89. The standard InChI is InChI=1S/C25H28FN3O5/c1-14(2)22(23(31)20(25(33)34)21(27)19(30)13-26)28-24(32)18-12-15-8-6-7-11-17(15)29(18)16-9-4-3-5-10-16/h3-12,14,19-22,30H,13,27H2,1-2H3,(H,28,32)(H,33,34)/t19?,20?,21?,22-/m0/s1. The van der Waals surface area contributed by atoms with Crippen LogP contribution in [-0.2, 0) is 9.59 Å². The lowest BCUT2D eigenvalue weighted by Crippen LogP contribution is -2.56. The number of ketones is 1. The number of Topliss-reactive ketones (excluding diaryl/α,β-unsaturated/α-hetero) is 1. The summed E-state index contributed by atoms with van der Waals surface area (Å²) in [7, 11) is 0. The number of alkyl halides is 1. The van der Waals surface area contributed by atoms with Gasteiger partial charge in [0.1, 0.15) is 18.3 Å². The number of nitrogens with zero attached hydrogens (tertiary/aromatic N) is 1. The molecule has 0 saturated carbocycles. The van der Waals surface area contributed by atoms with Gasteiger partial charge in [0.05, 0.1) is 23.7 Å². The number of para-hydroxylation sites is 2. The first kappa shape index (κ1) is 25.1. The fourth-order valence-electron chi connectivity index (χ4n) is 3.95. The van der Waals surface area contributed by atoms with Gasteiger partial charge in [0.15, 0.2) is 5.78 Å². The number of aliphatic carboxylic acids is 1. The Balaban J connectivity index is 2.00. The number of fused-ring (bicyclic) bond motifs is 1. The largest absolute Gasteiger partial charge is 0.481 e. The third kappa shape index (κ3) is 5.00. The second-order valence-corrected chi connectivity index (χ2v) is 8.47. The summed E-state index contributed by atoms with van der Waals surface area (Å²) < 4.78 is 14.7. The van der Waals surface area contributed by atoms with Gasteiger partial charge in [-0.3, -0.25) is 14.4 Å². The highest BCUT2D eigenvalue weighted by Crippen LogP contribution is 2.25. The van der Waals surface area contributed by atoms with Crippen molar-refractivity contribution in [1.29, 1.82) is 0 Å². The summed E-state index contributed by atoms with van der Waals surface area (Å²) in [5, 5.41) is 22.7. The molecule has 0 spiro atoms. The average molecular weight is 470 g/mol. The maximum Gasteiger partial charge on any atom is 0.315 e. The van der Waals surface area contributed by atoms with Gasteiger partial charge >= 0.3 is 5.97 Å². The van der Waals surface area contributed by atoms with Crippen molar-refractivity contribution in [2.45, 2.75) is 32.0 Å². The quantitative estimate of drug-likeness (QED) is 0.337. The van der Waals surface area contributed by atoms with Crippen molar-refractivity contribution in [2.75, 3.05) is 6.67 Å². The van der Waals surface area contributed by atoms with E-state index in [1.165, 1.54) is 0 Å². The number of carbonyl (C=O) groups excluding carboxylic acids is 2. The molecule has 0 radical (unpaired) electrons. The third-order valence-corrected chi connectivity index (χ3v) is 5.78. The van der Waals surface area contributed by atoms with E-state index in [9.17, 15) is 29.0 Å². The van der Waals surface area contributed by atoms with Crippen LogP contribution in [0.1, 0.15) is 24.3 Å². The van der Waals surface area contributed by atoms with Crippen molar-refractivity contribution >= 4 is 28.6 Å². The number of aliphatic hydroxyl groups is 1. The normalized spacial score (nSPS) is 15.0. The summed E-state index contributed by atoms with van der Waals surface area (Å²) in [4.78, 5) is 38.4. The van der Waals surface area contributed by atoms with Crippen LogP contribution in [0.25, 0.3) is 16.6 Å². The SMILES string of the molecule is CC(C)[C@H](NC(=O)c1cc2ccccc2n1-c1ccccc1)C(=O)C(C(=O)O)C(N)C(O)CF. The van der Waals surface area contributed by atoms with Crippen molar-refractivity contribution in [3.63, 3.8) is 0 Å². The molecule has 0 aliphatic heterocycles. The van der Waals surface area contributed by atoms with Crippen LogP contribution in [0.4, 0.5) is 4.39 Å². The van der Waals surface area contributed by atoms with E-state index in [1.54, 1.807) is 24.5 Å². The first-order chi connectivity index (χ1) is 16.2. The molecule has 4 atom stereocenters. The zero-order valence-electron chi connectivity index (χ0n) is 18.9. The lowest BCUT2D eigenvalue weighted by atomic mass is 9.84. The molecule has 3 aromatic rings. The lowest BCUT2D eigenvalue weighted by Gasteiger charge is -2.28. The van der Waals surface area contributed by atoms with E-state index in [-0.39, 0.29) is 5.69 Å². The topological polar surface area (TPSA) is 135 Å². The number of nitrogens with two attached hydrogens (primary N) is 1. The van der Waals surface area contributed by atoms with E-state index in [0.717, 1.165) is 16.6 Å². The number of aliphatic hydroxyl groups excluding tert-OH is 1. The summed E-state index contributed by atoms with van der Waals surface area (Å²) in [6.07, 6.45) is -1.82. The number of carboxylic acid groups (broad SMARTS) is 1. The van der Waals surface area contributed by atoms with Crippen LogP contribution in [0, 0.1) is 11.8 Å². The van der Waals surface area contributed by atoms with E-state index in [2.05, 4.69) is 5.32 Å². The van der Waals surface area contributed by atoms with Gasteiger partial charge in [-0.2, -0.15) is 0 Å². The molecule has 0 aliphatic carbocycles. The van der Waals surface area contributed by atoms with Crippen LogP contribution >= 0.6 is 0 Å². The second-order valence-electron chi connectivity index (χ2n) is 8.47. The molecule has 180 valence electrons. The van der Waals surface area contributed by atoms with E-state index in [1.807, 2.05) is 54.6 Å². The number of halogens is 1. The van der Waals surface area contributed by atoms with Crippen molar-refractivity contribution < 1.29 is 29.0 Å². The second kappa shape index (κ2) is 10.6. The molecule has 0 bridgehead atoms. The number of aromatic nitrogens is 1. The number of rotatable bonds is 10. The molecule has 0 aliphatic rings. The van der Waals surface area contributed by atoms with Crippen molar-refractivity contribution in [3.8, 4) is 5.69 Å². The van der Waals surface area contributed by atoms with E-state index in [4.69, 9.17) is 5.73 Å². The summed E-state index contributed by atoms with van der Waals surface area (Å²) in [5.41, 5.74) is 7.47. The number of carbonyl (C=O) groups is 3. The molecule has 8 nitrogen and oxygen atoms in total. The van der Waals surface area contributed by atoms with Gasteiger partial charge in [0.2, 0.25) is 0 Å². The van der Waals surface area contributed by atoms with E-state index < -0.39 is 54.4 Å².